The van der Waals surface area contributed by atoms with Gasteiger partial charge < -0.3 is 9.80 Å². The van der Waals surface area contributed by atoms with Crippen molar-refractivity contribution in [3.8, 4) is 0 Å². The van der Waals surface area contributed by atoms with Gasteiger partial charge in [-0.15, -0.1) is 0 Å². The first-order chi connectivity index (χ1) is 13.1. The van der Waals surface area contributed by atoms with Gasteiger partial charge in [0, 0.05) is 38.6 Å². The summed E-state index contributed by atoms with van der Waals surface area (Å²) in [6.45, 7) is 2.81. The predicted octanol–water partition coefficient (Wildman–Crippen LogP) is 2.97. The van der Waals surface area contributed by atoms with Crippen LogP contribution < -0.4 is 0 Å². The molecule has 0 aromatic carbocycles. The Morgan fingerprint density at radius 1 is 0.926 bits per heavy atom. The third kappa shape index (κ3) is 3.05. The van der Waals surface area contributed by atoms with Crippen molar-refractivity contribution in [1.29, 1.82) is 0 Å². The monoisotopic (exact) mass is 367 g/mol. The SMILES string of the molecule is O=C(c1cccnc1)N1CCCN(C(=O)C23CC4CC(CC(C4)C2)C3)CC1. The van der Waals surface area contributed by atoms with Gasteiger partial charge in [0.1, 0.15) is 0 Å². The fourth-order valence-corrected chi connectivity index (χ4v) is 6.70. The zero-order valence-corrected chi connectivity index (χ0v) is 16.0. The first kappa shape index (κ1) is 17.2. The molecule has 0 atom stereocenters. The number of carbonyl (C=O) groups excluding carboxylic acids is 2. The number of carbonyl (C=O) groups is 2. The molecule has 4 aliphatic carbocycles. The first-order valence-electron chi connectivity index (χ1n) is 10.6. The van der Waals surface area contributed by atoms with Crippen molar-refractivity contribution in [2.75, 3.05) is 26.2 Å². The van der Waals surface area contributed by atoms with Gasteiger partial charge in [0.25, 0.3) is 5.91 Å². The van der Waals surface area contributed by atoms with E-state index in [1.165, 1.54) is 19.3 Å². The molecule has 2 heterocycles. The van der Waals surface area contributed by atoms with Crippen LogP contribution in [0.2, 0.25) is 0 Å². The molecule has 4 saturated carbocycles. The minimum absolute atomic E-state index is 0.0344. The highest BCUT2D eigenvalue weighted by Gasteiger charge is 2.55. The number of amides is 2. The third-order valence-electron chi connectivity index (χ3n) is 7.47. The summed E-state index contributed by atoms with van der Waals surface area (Å²) < 4.78 is 0. The molecule has 5 heteroatoms. The van der Waals surface area contributed by atoms with Gasteiger partial charge in [0.15, 0.2) is 0 Å². The maximum absolute atomic E-state index is 13.6. The lowest BCUT2D eigenvalue weighted by molar-refractivity contribution is -0.157. The fraction of sp³-hybridized carbons (Fsp3) is 0.682. The van der Waals surface area contributed by atoms with E-state index < -0.39 is 0 Å². The predicted molar refractivity (Wildman–Crippen MR) is 102 cm³/mol. The molecule has 1 aliphatic heterocycles. The Morgan fingerprint density at radius 2 is 1.56 bits per heavy atom. The minimum atomic E-state index is -0.0721. The molecule has 0 spiro atoms. The van der Waals surface area contributed by atoms with E-state index in [2.05, 4.69) is 9.88 Å². The Kier molecular flexibility index (Phi) is 4.21. The second-order valence-electron chi connectivity index (χ2n) is 9.38. The van der Waals surface area contributed by atoms with E-state index in [-0.39, 0.29) is 11.3 Å². The molecular formula is C22H29N3O2. The molecule has 6 rings (SSSR count). The van der Waals surface area contributed by atoms with Crippen LogP contribution in [0.5, 0.6) is 0 Å². The van der Waals surface area contributed by atoms with E-state index in [1.54, 1.807) is 18.5 Å². The van der Waals surface area contributed by atoms with Gasteiger partial charge in [-0.1, -0.05) is 0 Å². The largest absolute Gasteiger partial charge is 0.340 e. The minimum Gasteiger partial charge on any atom is -0.340 e. The summed E-state index contributed by atoms with van der Waals surface area (Å²) in [6, 6.07) is 3.62. The van der Waals surface area contributed by atoms with Gasteiger partial charge in [0.2, 0.25) is 5.91 Å². The number of pyridine rings is 1. The van der Waals surface area contributed by atoms with Gasteiger partial charge in [-0.05, 0) is 74.8 Å². The molecule has 5 fully saturated rings. The molecule has 1 aromatic rings. The van der Waals surface area contributed by atoms with Crippen molar-refractivity contribution >= 4 is 11.8 Å². The Morgan fingerprint density at radius 3 is 2.19 bits per heavy atom. The van der Waals surface area contributed by atoms with E-state index >= 15 is 0 Å². The van der Waals surface area contributed by atoms with Crippen LogP contribution in [0.4, 0.5) is 0 Å². The summed E-state index contributed by atoms with van der Waals surface area (Å²) in [7, 11) is 0. The number of rotatable bonds is 2. The molecule has 1 saturated heterocycles. The van der Waals surface area contributed by atoms with Crippen molar-refractivity contribution in [2.24, 2.45) is 23.2 Å². The van der Waals surface area contributed by atoms with Crippen LogP contribution in [-0.4, -0.2) is 52.8 Å². The normalized spacial score (nSPS) is 35.2. The molecule has 0 radical (unpaired) electrons. The zero-order valence-electron chi connectivity index (χ0n) is 16.0. The van der Waals surface area contributed by atoms with E-state index in [1.807, 2.05) is 11.0 Å². The van der Waals surface area contributed by atoms with Crippen molar-refractivity contribution in [1.82, 2.24) is 14.8 Å². The van der Waals surface area contributed by atoms with E-state index in [4.69, 9.17) is 0 Å². The van der Waals surface area contributed by atoms with E-state index in [0.717, 1.165) is 56.5 Å². The molecule has 2 amide bonds. The maximum atomic E-state index is 13.6. The van der Waals surface area contributed by atoms with Gasteiger partial charge in [-0.25, -0.2) is 0 Å². The molecule has 4 bridgehead atoms. The summed E-state index contributed by atoms with van der Waals surface area (Å²) >= 11 is 0. The van der Waals surface area contributed by atoms with Crippen molar-refractivity contribution < 1.29 is 9.59 Å². The number of nitrogens with zero attached hydrogens (tertiary/aromatic N) is 3. The standard InChI is InChI=1S/C22H29N3O2/c26-20(19-3-1-4-23-15-19)24-5-2-6-25(8-7-24)21(27)22-12-16-9-17(13-22)11-18(10-16)14-22/h1,3-4,15-18H,2,5-14H2. The molecule has 5 nitrogen and oxygen atoms in total. The molecule has 0 N–H and O–H groups in total. The van der Waals surface area contributed by atoms with Gasteiger partial charge in [0.05, 0.1) is 11.0 Å². The molecule has 0 unspecified atom stereocenters. The molecule has 5 aliphatic rings. The van der Waals surface area contributed by atoms with Crippen LogP contribution in [-0.2, 0) is 4.79 Å². The topological polar surface area (TPSA) is 53.5 Å². The highest BCUT2D eigenvalue weighted by Crippen LogP contribution is 2.60. The van der Waals surface area contributed by atoms with E-state index in [9.17, 15) is 9.59 Å². The fourth-order valence-electron chi connectivity index (χ4n) is 6.70. The van der Waals surface area contributed by atoms with Crippen LogP contribution in [0, 0.1) is 23.2 Å². The highest BCUT2D eigenvalue weighted by molar-refractivity contribution is 5.94. The lowest BCUT2D eigenvalue weighted by Crippen LogP contribution is -2.55. The average molecular weight is 367 g/mol. The Balaban J connectivity index is 1.27. The summed E-state index contributed by atoms with van der Waals surface area (Å²) in [6.07, 6.45) is 11.6. The molecule has 144 valence electrons. The summed E-state index contributed by atoms with van der Waals surface area (Å²) in [5.74, 6) is 2.80. The highest BCUT2D eigenvalue weighted by atomic mass is 16.2. The zero-order chi connectivity index (χ0) is 18.4. The first-order valence-corrected chi connectivity index (χ1v) is 10.6. The van der Waals surface area contributed by atoms with Crippen molar-refractivity contribution in [3.05, 3.63) is 30.1 Å². The second kappa shape index (κ2) is 6.61. The third-order valence-corrected chi connectivity index (χ3v) is 7.47. The second-order valence-corrected chi connectivity index (χ2v) is 9.38. The van der Waals surface area contributed by atoms with Gasteiger partial charge in [-0.3, -0.25) is 14.6 Å². The lowest BCUT2D eigenvalue weighted by Gasteiger charge is -2.56. The number of aromatic nitrogens is 1. The Hall–Kier alpha value is -1.91. The maximum Gasteiger partial charge on any atom is 0.255 e. The van der Waals surface area contributed by atoms with Crippen LogP contribution in [0.25, 0.3) is 0 Å². The van der Waals surface area contributed by atoms with Gasteiger partial charge in [-0.2, -0.15) is 0 Å². The number of hydrogen-bond donors (Lipinski definition) is 0. The van der Waals surface area contributed by atoms with Gasteiger partial charge >= 0.3 is 0 Å². The summed E-state index contributed by atoms with van der Waals surface area (Å²) in [4.78, 5) is 34.3. The van der Waals surface area contributed by atoms with Crippen LogP contribution in [0.3, 0.4) is 0 Å². The van der Waals surface area contributed by atoms with Crippen LogP contribution in [0.15, 0.2) is 24.5 Å². The molecule has 27 heavy (non-hydrogen) atoms. The Bertz CT molecular complexity index is 697. The lowest BCUT2D eigenvalue weighted by atomic mass is 9.49. The van der Waals surface area contributed by atoms with Crippen molar-refractivity contribution in [3.63, 3.8) is 0 Å². The smallest absolute Gasteiger partial charge is 0.255 e. The number of hydrogen-bond acceptors (Lipinski definition) is 3. The van der Waals surface area contributed by atoms with Crippen LogP contribution >= 0.6 is 0 Å². The Labute approximate surface area is 161 Å². The summed E-state index contributed by atoms with van der Waals surface area (Å²) in [5.41, 5.74) is 0.565. The van der Waals surface area contributed by atoms with Crippen molar-refractivity contribution in [2.45, 2.75) is 44.9 Å². The summed E-state index contributed by atoms with van der Waals surface area (Å²) in [5, 5.41) is 0. The molecule has 1 aromatic heterocycles. The average Bonchev–Trinajstić information content (AvgIpc) is 2.92. The quantitative estimate of drug-likeness (QED) is 0.807. The molecular weight excluding hydrogens is 338 g/mol. The van der Waals surface area contributed by atoms with Crippen LogP contribution in [0.1, 0.15) is 55.3 Å². The van der Waals surface area contributed by atoms with E-state index in [0.29, 0.717) is 24.6 Å².